The molecule has 41 heavy (non-hydrogen) atoms. The fourth-order valence-corrected chi connectivity index (χ4v) is 6.61. The third-order valence-corrected chi connectivity index (χ3v) is 8.79. The molecule has 0 saturated carbocycles. The number of hydrogen-bond acceptors (Lipinski definition) is 6. The molecule has 2 aliphatic rings. The van der Waals surface area contributed by atoms with Gasteiger partial charge in [0.25, 0.3) is 0 Å². The standard InChI is InChI=1S/C20H24ClN3S.C13H18ClNO/c1-22-11-13-23(14-12-22)9-4-10-24-17-5-2-3-6-19(17)25-20-8-7-16(21)15-18(20)24;1-9(15-13(2,3)4)12(16)10-6-5-7-11(14)8-10/h2-3,5-8,15H,4,9-14H2,1H3;5-9,15H,1-4H3. The van der Waals surface area contributed by atoms with Crippen LogP contribution in [-0.4, -0.2) is 73.5 Å². The number of halogens is 2. The average molecular weight is 614 g/mol. The average Bonchev–Trinajstić information content (AvgIpc) is 2.93. The second kappa shape index (κ2) is 14.4. The third-order valence-electron chi connectivity index (χ3n) is 7.19. The van der Waals surface area contributed by atoms with Crippen molar-refractivity contribution in [1.29, 1.82) is 0 Å². The molecular formula is C33H42Cl2N4OS. The summed E-state index contributed by atoms with van der Waals surface area (Å²) >= 11 is 14.0. The van der Waals surface area contributed by atoms with E-state index >= 15 is 0 Å². The maximum atomic E-state index is 12.1. The Morgan fingerprint density at radius 1 is 0.878 bits per heavy atom. The van der Waals surface area contributed by atoms with Crippen molar-refractivity contribution in [1.82, 2.24) is 15.1 Å². The summed E-state index contributed by atoms with van der Waals surface area (Å²) in [6.07, 6.45) is 1.16. The van der Waals surface area contributed by atoms with Crippen LogP contribution in [0.3, 0.4) is 0 Å². The smallest absolute Gasteiger partial charge is 0.179 e. The number of para-hydroxylation sites is 1. The molecule has 8 heteroatoms. The highest BCUT2D eigenvalue weighted by Gasteiger charge is 2.24. The van der Waals surface area contributed by atoms with Gasteiger partial charge in [0, 0.05) is 63.7 Å². The van der Waals surface area contributed by atoms with E-state index in [1.54, 1.807) is 24.3 Å². The van der Waals surface area contributed by atoms with Gasteiger partial charge >= 0.3 is 0 Å². The van der Waals surface area contributed by atoms with Crippen molar-refractivity contribution in [3.63, 3.8) is 0 Å². The maximum Gasteiger partial charge on any atom is 0.179 e. The van der Waals surface area contributed by atoms with Crippen LogP contribution in [0.1, 0.15) is 44.5 Å². The predicted molar refractivity (Wildman–Crippen MR) is 176 cm³/mol. The molecule has 0 amide bonds. The lowest BCUT2D eigenvalue weighted by Gasteiger charge is -2.35. The van der Waals surface area contributed by atoms with Gasteiger partial charge in [-0.2, -0.15) is 0 Å². The Morgan fingerprint density at radius 2 is 1.56 bits per heavy atom. The van der Waals surface area contributed by atoms with E-state index in [9.17, 15) is 4.79 Å². The molecule has 2 heterocycles. The lowest BCUT2D eigenvalue weighted by Crippen LogP contribution is -2.46. The number of likely N-dealkylation sites (N-methyl/N-ethyl adjacent to an activating group) is 1. The van der Waals surface area contributed by atoms with Crippen LogP contribution in [0.5, 0.6) is 0 Å². The zero-order chi connectivity index (χ0) is 29.6. The Bertz CT molecular complexity index is 1320. The molecular weight excluding hydrogens is 571 g/mol. The zero-order valence-electron chi connectivity index (χ0n) is 24.8. The van der Waals surface area contributed by atoms with E-state index in [1.807, 2.05) is 45.5 Å². The van der Waals surface area contributed by atoms with E-state index < -0.39 is 0 Å². The molecule has 1 saturated heterocycles. The van der Waals surface area contributed by atoms with Gasteiger partial charge in [0.2, 0.25) is 0 Å². The minimum absolute atomic E-state index is 0.0671. The van der Waals surface area contributed by atoms with Crippen molar-refractivity contribution in [3.05, 3.63) is 82.3 Å². The summed E-state index contributed by atoms with van der Waals surface area (Å²) in [5, 5.41) is 4.64. The first-order valence-electron chi connectivity index (χ1n) is 14.3. The Kier molecular flexibility index (Phi) is 11.2. The number of carbonyl (C=O) groups is 1. The molecule has 2 aliphatic heterocycles. The van der Waals surface area contributed by atoms with Gasteiger partial charge in [-0.1, -0.05) is 59.2 Å². The van der Waals surface area contributed by atoms with Crippen molar-refractivity contribution >= 4 is 52.1 Å². The lowest BCUT2D eigenvalue weighted by molar-refractivity contribution is 0.0935. The number of Topliss-reactive ketones (excluding diaryl/α,β-unsaturated/α-hetero) is 1. The summed E-state index contributed by atoms with van der Waals surface area (Å²) in [7, 11) is 2.21. The number of carbonyl (C=O) groups excluding carboxylic acids is 1. The molecule has 0 radical (unpaired) electrons. The van der Waals surface area contributed by atoms with Crippen LogP contribution in [0.15, 0.2) is 76.5 Å². The van der Waals surface area contributed by atoms with E-state index in [-0.39, 0.29) is 17.4 Å². The van der Waals surface area contributed by atoms with E-state index in [0.717, 1.165) is 24.5 Å². The number of ketones is 1. The second-order valence-electron chi connectivity index (χ2n) is 11.8. The van der Waals surface area contributed by atoms with Crippen molar-refractivity contribution in [2.75, 3.05) is 51.2 Å². The Labute approximate surface area is 260 Å². The van der Waals surface area contributed by atoms with Gasteiger partial charge in [0.1, 0.15) is 0 Å². The summed E-state index contributed by atoms with van der Waals surface area (Å²) in [6, 6.07) is 21.8. The normalized spacial score (nSPS) is 16.3. The summed E-state index contributed by atoms with van der Waals surface area (Å²) < 4.78 is 0. The molecule has 0 aromatic heterocycles. The predicted octanol–water partition coefficient (Wildman–Crippen LogP) is 7.88. The molecule has 0 spiro atoms. The van der Waals surface area contributed by atoms with Crippen molar-refractivity contribution in [2.24, 2.45) is 0 Å². The molecule has 1 atom stereocenters. The summed E-state index contributed by atoms with van der Waals surface area (Å²) in [5.74, 6) is 0.0671. The largest absolute Gasteiger partial charge is 0.340 e. The SMILES string of the molecule is CC(NC(C)(C)C)C(=O)c1cccc(Cl)c1.CN1CCN(CCCN2c3ccccc3Sc3ccc(Cl)cc32)CC1. The number of fused-ring (bicyclic) bond motifs is 2. The van der Waals surface area contributed by atoms with E-state index in [0.29, 0.717) is 10.6 Å². The van der Waals surface area contributed by atoms with Gasteiger partial charge in [-0.3, -0.25) is 4.79 Å². The van der Waals surface area contributed by atoms with Crippen LogP contribution in [0.25, 0.3) is 0 Å². The number of nitrogens with one attached hydrogen (secondary N) is 1. The number of piperazine rings is 1. The Balaban J connectivity index is 0.000000210. The lowest BCUT2D eigenvalue weighted by atomic mass is 10.0. The zero-order valence-corrected chi connectivity index (χ0v) is 27.1. The molecule has 1 unspecified atom stereocenters. The fraction of sp³-hybridized carbons (Fsp3) is 0.424. The quantitative estimate of drug-likeness (QED) is 0.274. The molecule has 3 aromatic rings. The minimum Gasteiger partial charge on any atom is -0.340 e. The first-order valence-corrected chi connectivity index (χ1v) is 15.9. The van der Waals surface area contributed by atoms with E-state index in [2.05, 4.69) is 63.5 Å². The van der Waals surface area contributed by atoms with Crippen LogP contribution in [0.4, 0.5) is 11.4 Å². The first kappa shape index (κ1) is 31.9. The van der Waals surface area contributed by atoms with Gasteiger partial charge in [0.15, 0.2) is 5.78 Å². The molecule has 0 aliphatic carbocycles. The molecule has 1 fully saturated rings. The van der Waals surface area contributed by atoms with Crippen LogP contribution in [0, 0.1) is 0 Å². The van der Waals surface area contributed by atoms with Gasteiger partial charge in [-0.25, -0.2) is 0 Å². The Hall–Kier alpha value is -2.06. The second-order valence-corrected chi connectivity index (χ2v) is 13.8. The van der Waals surface area contributed by atoms with E-state index in [4.69, 9.17) is 23.2 Å². The minimum atomic E-state index is -0.210. The van der Waals surface area contributed by atoms with Crippen molar-refractivity contribution in [2.45, 2.75) is 55.5 Å². The molecule has 5 nitrogen and oxygen atoms in total. The van der Waals surface area contributed by atoms with Crippen molar-refractivity contribution in [3.8, 4) is 0 Å². The highest BCUT2D eigenvalue weighted by atomic mass is 35.5. The highest BCUT2D eigenvalue weighted by Crippen LogP contribution is 2.48. The molecule has 5 rings (SSSR count). The Morgan fingerprint density at radius 3 is 2.27 bits per heavy atom. The van der Waals surface area contributed by atoms with Crippen LogP contribution in [-0.2, 0) is 0 Å². The van der Waals surface area contributed by atoms with Gasteiger partial charge in [-0.15, -0.1) is 0 Å². The molecule has 3 aromatic carbocycles. The monoisotopic (exact) mass is 612 g/mol. The third kappa shape index (κ3) is 9.21. The summed E-state index contributed by atoms with van der Waals surface area (Å²) in [5.41, 5.74) is 3.13. The van der Waals surface area contributed by atoms with Crippen LogP contribution in [0.2, 0.25) is 10.0 Å². The number of hydrogen-bond donors (Lipinski definition) is 1. The fourth-order valence-electron chi connectivity index (χ4n) is 5.17. The summed E-state index contributed by atoms with van der Waals surface area (Å²) in [6.45, 7) is 14.9. The first-order chi connectivity index (χ1) is 19.5. The molecule has 220 valence electrons. The van der Waals surface area contributed by atoms with Crippen molar-refractivity contribution < 1.29 is 4.79 Å². The van der Waals surface area contributed by atoms with Gasteiger partial charge in [-0.05, 0) is 90.2 Å². The molecule has 0 bridgehead atoms. The van der Waals surface area contributed by atoms with Crippen LogP contribution < -0.4 is 10.2 Å². The van der Waals surface area contributed by atoms with Gasteiger partial charge in [0.05, 0.1) is 17.4 Å². The van der Waals surface area contributed by atoms with Gasteiger partial charge < -0.3 is 20.0 Å². The maximum absolute atomic E-state index is 12.1. The van der Waals surface area contributed by atoms with Crippen LogP contribution >= 0.6 is 35.0 Å². The molecule has 1 N–H and O–H groups in total. The topological polar surface area (TPSA) is 38.8 Å². The number of anilines is 2. The highest BCUT2D eigenvalue weighted by molar-refractivity contribution is 7.99. The number of rotatable bonds is 7. The number of benzene rings is 3. The number of nitrogens with zero attached hydrogens (tertiary/aromatic N) is 3. The van der Waals surface area contributed by atoms with E-state index in [1.165, 1.54) is 47.3 Å². The summed E-state index contributed by atoms with van der Waals surface area (Å²) in [4.78, 5) is 22.1.